The standard InChI is InChI=1S/C12H17N3OS/c1-8(2)14-11(16)9-4-6-10(7-5-9)15-12(17)13-3/h4-8H,1-3H3,(H,14,16)(H2,13,15,17). The number of hydrogen-bond donors (Lipinski definition) is 3. The number of hydrogen-bond acceptors (Lipinski definition) is 2. The molecule has 0 aromatic heterocycles. The molecule has 0 aliphatic heterocycles. The fourth-order valence-corrected chi connectivity index (χ4v) is 1.36. The van der Waals surface area contributed by atoms with E-state index in [1.165, 1.54) is 0 Å². The first kappa shape index (κ1) is 13.4. The summed E-state index contributed by atoms with van der Waals surface area (Å²) in [5.74, 6) is -0.0669. The molecule has 1 amide bonds. The van der Waals surface area contributed by atoms with Gasteiger partial charge in [0, 0.05) is 24.3 Å². The normalized spacial score (nSPS) is 9.88. The van der Waals surface area contributed by atoms with E-state index in [1.54, 1.807) is 19.2 Å². The zero-order valence-electron chi connectivity index (χ0n) is 10.2. The highest BCUT2D eigenvalue weighted by Crippen LogP contribution is 2.09. The molecule has 0 aliphatic carbocycles. The van der Waals surface area contributed by atoms with Crippen molar-refractivity contribution in [3.05, 3.63) is 29.8 Å². The second-order valence-corrected chi connectivity index (χ2v) is 4.32. The second kappa shape index (κ2) is 6.20. The summed E-state index contributed by atoms with van der Waals surface area (Å²) in [6.45, 7) is 3.86. The Bertz CT molecular complexity index is 401. The molecule has 0 radical (unpaired) electrons. The largest absolute Gasteiger partial charge is 0.366 e. The van der Waals surface area contributed by atoms with Gasteiger partial charge in [-0.1, -0.05) is 0 Å². The number of rotatable bonds is 3. The van der Waals surface area contributed by atoms with Crippen molar-refractivity contribution in [3.8, 4) is 0 Å². The lowest BCUT2D eigenvalue weighted by Gasteiger charge is -2.10. The molecule has 4 nitrogen and oxygen atoms in total. The molecule has 0 atom stereocenters. The van der Waals surface area contributed by atoms with Crippen LogP contribution in [0, 0.1) is 0 Å². The second-order valence-electron chi connectivity index (χ2n) is 3.91. The fourth-order valence-electron chi connectivity index (χ4n) is 1.24. The summed E-state index contributed by atoms with van der Waals surface area (Å²) in [5.41, 5.74) is 1.49. The minimum absolute atomic E-state index is 0.0669. The Balaban J connectivity index is 2.67. The zero-order chi connectivity index (χ0) is 12.8. The van der Waals surface area contributed by atoms with E-state index in [-0.39, 0.29) is 11.9 Å². The molecular formula is C12H17N3OS. The van der Waals surface area contributed by atoms with Gasteiger partial charge >= 0.3 is 0 Å². The van der Waals surface area contributed by atoms with Crippen molar-refractivity contribution in [1.82, 2.24) is 10.6 Å². The van der Waals surface area contributed by atoms with Gasteiger partial charge in [0.25, 0.3) is 5.91 Å². The van der Waals surface area contributed by atoms with Crippen LogP contribution in [-0.4, -0.2) is 24.1 Å². The predicted molar refractivity (Wildman–Crippen MR) is 74.3 cm³/mol. The highest BCUT2D eigenvalue weighted by atomic mass is 32.1. The van der Waals surface area contributed by atoms with Gasteiger partial charge in [-0.2, -0.15) is 0 Å². The molecule has 0 unspecified atom stereocenters. The zero-order valence-corrected chi connectivity index (χ0v) is 11.0. The Kier molecular flexibility index (Phi) is 4.90. The molecular weight excluding hydrogens is 234 g/mol. The molecule has 0 fully saturated rings. The molecule has 0 saturated carbocycles. The number of carbonyl (C=O) groups is 1. The molecule has 0 spiro atoms. The van der Waals surface area contributed by atoms with E-state index in [1.807, 2.05) is 26.0 Å². The van der Waals surface area contributed by atoms with Crippen LogP contribution in [0.1, 0.15) is 24.2 Å². The first-order valence-electron chi connectivity index (χ1n) is 5.42. The van der Waals surface area contributed by atoms with Crippen molar-refractivity contribution in [1.29, 1.82) is 0 Å². The molecule has 0 aliphatic rings. The van der Waals surface area contributed by atoms with E-state index in [2.05, 4.69) is 16.0 Å². The van der Waals surface area contributed by atoms with Gasteiger partial charge in [0.2, 0.25) is 0 Å². The Hall–Kier alpha value is -1.62. The van der Waals surface area contributed by atoms with Gasteiger partial charge in [0.15, 0.2) is 5.11 Å². The first-order valence-corrected chi connectivity index (χ1v) is 5.83. The molecule has 0 bridgehead atoms. The SMILES string of the molecule is CNC(=S)Nc1ccc(C(=O)NC(C)C)cc1. The third-order valence-electron chi connectivity index (χ3n) is 2.05. The molecule has 92 valence electrons. The van der Waals surface area contributed by atoms with E-state index in [0.29, 0.717) is 10.7 Å². The predicted octanol–water partition coefficient (Wildman–Crippen LogP) is 1.74. The Morgan fingerprint density at radius 1 is 1.24 bits per heavy atom. The van der Waals surface area contributed by atoms with Crippen LogP contribution in [0.15, 0.2) is 24.3 Å². The van der Waals surface area contributed by atoms with Crippen LogP contribution in [0.25, 0.3) is 0 Å². The summed E-state index contributed by atoms with van der Waals surface area (Å²) in [6.07, 6.45) is 0. The van der Waals surface area contributed by atoms with Gasteiger partial charge in [-0.15, -0.1) is 0 Å². The molecule has 0 saturated heterocycles. The van der Waals surface area contributed by atoms with Crippen LogP contribution in [0.5, 0.6) is 0 Å². The molecule has 5 heteroatoms. The number of amides is 1. The molecule has 17 heavy (non-hydrogen) atoms. The number of thiocarbonyl (C=S) groups is 1. The Morgan fingerprint density at radius 3 is 2.29 bits per heavy atom. The van der Waals surface area contributed by atoms with Crippen molar-refractivity contribution < 1.29 is 4.79 Å². The van der Waals surface area contributed by atoms with Crippen molar-refractivity contribution in [2.45, 2.75) is 19.9 Å². The van der Waals surface area contributed by atoms with Crippen molar-refractivity contribution >= 4 is 28.9 Å². The van der Waals surface area contributed by atoms with Crippen molar-refractivity contribution in [2.75, 3.05) is 12.4 Å². The summed E-state index contributed by atoms with van der Waals surface area (Å²) in [6, 6.07) is 7.30. The van der Waals surface area contributed by atoms with E-state index in [4.69, 9.17) is 12.2 Å². The summed E-state index contributed by atoms with van der Waals surface area (Å²) < 4.78 is 0. The van der Waals surface area contributed by atoms with Gasteiger partial charge in [0.05, 0.1) is 0 Å². The van der Waals surface area contributed by atoms with Gasteiger partial charge in [-0.3, -0.25) is 4.79 Å². The summed E-state index contributed by atoms with van der Waals surface area (Å²) in [4.78, 5) is 11.7. The van der Waals surface area contributed by atoms with Gasteiger partial charge in [0.1, 0.15) is 0 Å². The van der Waals surface area contributed by atoms with E-state index in [9.17, 15) is 4.79 Å². The maximum Gasteiger partial charge on any atom is 0.251 e. The maximum atomic E-state index is 11.7. The Morgan fingerprint density at radius 2 is 1.82 bits per heavy atom. The highest BCUT2D eigenvalue weighted by Gasteiger charge is 2.06. The van der Waals surface area contributed by atoms with E-state index in [0.717, 1.165) is 5.69 Å². The lowest BCUT2D eigenvalue weighted by molar-refractivity contribution is 0.0943. The average Bonchev–Trinajstić information content (AvgIpc) is 2.28. The van der Waals surface area contributed by atoms with E-state index < -0.39 is 0 Å². The van der Waals surface area contributed by atoms with Crippen molar-refractivity contribution in [2.24, 2.45) is 0 Å². The summed E-state index contributed by atoms with van der Waals surface area (Å²) >= 11 is 4.98. The van der Waals surface area contributed by atoms with E-state index >= 15 is 0 Å². The monoisotopic (exact) mass is 251 g/mol. The molecule has 3 N–H and O–H groups in total. The fraction of sp³-hybridized carbons (Fsp3) is 0.333. The number of benzene rings is 1. The average molecular weight is 251 g/mol. The van der Waals surface area contributed by atoms with Gasteiger partial charge < -0.3 is 16.0 Å². The molecule has 1 aromatic carbocycles. The number of anilines is 1. The smallest absolute Gasteiger partial charge is 0.251 e. The quantitative estimate of drug-likeness (QED) is 0.716. The minimum Gasteiger partial charge on any atom is -0.366 e. The van der Waals surface area contributed by atoms with Crippen LogP contribution >= 0.6 is 12.2 Å². The first-order chi connectivity index (χ1) is 8.02. The topological polar surface area (TPSA) is 53.2 Å². The highest BCUT2D eigenvalue weighted by molar-refractivity contribution is 7.80. The third kappa shape index (κ3) is 4.40. The van der Waals surface area contributed by atoms with Crippen LogP contribution in [0.4, 0.5) is 5.69 Å². The van der Waals surface area contributed by atoms with Crippen LogP contribution in [-0.2, 0) is 0 Å². The number of carbonyl (C=O) groups excluding carboxylic acids is 1. The van der Waals surface area contributed by atoms with Crippen molar-refractivity contribution in [3.63, 3.8) is 0 Å². The third-order valence-corrected chi connectivity index (χ3v) is 2.36. The molecule has 0 heterocycles. The maximum absolute atomic E-state index is 11.7. The number of nitrogens with one attached hydrogen (secondary N) is 3. The van der Waals surface area contributed by atoms with Gasteiger partial charge in [-0.05, 0) is 50.3 Å². The van der Waals surface area contributed by atoms with Crippen LogP contribution < -0.4 is 16.0 Å². The lowest BCUT2D eigenvalue weighted by Crippen LogP contribution is -2.30. The molecule has 1 aromatic rings. The molecule has 1 rings (SSSR count). The lowest BCUT2D eigenvalue weighted by atomic mass is 10.2. The Labute approximate surface area is 107 Å². The van der Waals surface area contributed by atoms with Gasteiger partial charge in [-0.25, -0.2) is 0 Å². The van der Waals surface area contributed by atoms with Crippen LogP contribution in [0.3, 0.4) is 0 Å². The van der Waals surface area contributed by atoms with Crippen LogP contribution in [0.2, 0.25) is 0 Å². The summed E-state index contributed by atoms with van der Waals surface area (Å²) in [5, 5.41) is 9.18. The minimum atomic E-state index is -0.0669. The summed E-state index contributed by atoms with van der Waals surface area (Å²) in [7, 11) is 1.75.